The monoisotopic (exact) mass is 806 g/mol. The number of hydrogen-bond acceptors (Lipinski definition) is 11. The Labute approximate surface area is 344 Å². The fraction of sp³-hybridized carbons (Fsp3) is 0.723. The Morgan fingerprint density at radius 2 is 1.60 bits per heavy atom. The molecule has 5 saturated carbocycles. The molecule has 6 rings (SSSR count). The van der Waals surface area contributed by atoms with Crippen molar-refractivity contribution >= 4 is 31.4 Å². The van der Waals surface area contributed by atoms with Gasteiger partial charge in [0.1, 0.15) is 36.8 Å². The van der Waals surface area contributed by atoms with Crippen LogP contribution in [0.3, 0.4) is 0 Å². The van der Waals surface area contributed by atoms with E-state index in [0.29, 0.717) is 51.9 Å². The molecule has 13 atom stereocenters. The summed E-state index contributed by atoms with van der Waals surface area (Å²) in [5, 5.41) is 0. The highest BCUT2D eigenvalue weighted by molar-refractivity contribution is 5.82. The first-order valence-corrected chi connectivity index (χ1v) is 22.0. The Balaban J connectivity index is 1.06. The second kappa shape index (κ2) is 19.4. The Bertz CT molecular complexity index is 1610. The number of rotatable bonds is 18. The molecule has 0 unspecified atom stereocenters. The first-order valence-electron chi connectivity index (χ1n) is 22.0. The molecule has 0 aliphatic heterocycles. The van der Waals surface area contributed by atoms with Gasteiger partial charge in [-0.05, 0) is 155 Å². The normalized spacial score (nSPS) is 36.1. The van der Waals surface area contributed by atoms with Gasteiger partial charge in [-0.3, -0.25) is 19.2 Å². The Kier molecular flexibility index (Phi) is 14.6. The van der Waals surface area contributed by atoms with Gasteiger partial charge in [0.2, 0.25) is 0 Å². The van der Waals surface area contributed by atoms with Crippen molar-refractivity contribution in [3.8, 4) is 5.75 Å². The molecular formula is C47H66O11. The molecule has 1 aromatic carbocycles. The van der Waals surface area contributed by atoms with Crippen molar-refractivity contribution in [1.82, 2.24) is 0 Å². The molecule has 0 aromatic heterocycles. The molecular weight excluding hydrogens is 741 g/mol. The van der Waals surface area contributed by atoms with Gasteiger partial charge < -0.3 is 28.4 Å². The predicted octanol–water partition coefficient (Wildman–Crippen LogP) is 8.14. The lowest BCUT2D eigenvalue weighted by molar-refractivity contribution is -0.218. The fourth-order valence-corrected chi connectivity index (χ4v) is 12.7. The van der Waals surface area contributed by atoms with Gasteiger partial charge >= 0.3 is 11.9 Å². The van der Waals surface area contributed by atoms with E-state index < -0.39 is 0 Å². The van der Waals surface area contributed by atoms with E-state index in [2.05, 4.69) is 32.9 Å². The molecule has 0 radical (unpaired) electrons. The summed E-state index contributed by atoms with van der Waals surface area (Å²) in [7, 11) is 0. The Morgan fingerprint density at radius 3 is 2.33 bits per heavy atom. The van der Waals surface area contributed by atoms with E-state index in [-0.39, 0.29) is 88.6 Å². The summed E-state index contributed by atoms with van der Waals surface area (Å²) < 4.78 is 34.5. The van der Waals surface area contributed by atoms with E-state index in [9.17, 15) is 24.0 Å². The minimum Gasteiger partial charge on any atom is -0.489 e. The smallest absolute Gasteiger partial charge is 0.330 e. The third-order valence-corrected chi connectivity index (χ3v) is 15.6. The van der Waals surface area contributed by atoms with Crippen LogP contribution in [0.25, 0.3) is 0 Å². The van der Waals surface area contributed by atoms with Crippen LogP contribution in [0.1, 0.15) is 124 Å². The maximum absolute atomic E-state index is 13.5. The summed E-state index contributed by atoms with van der Waals surface area (Å²) in [4.78, 5) is 60.5. The maximum atomic E-state index is 13.5. The summed E-state index contributed by atoms with van der Waals surface area (Å²) in [5.41, 5.74) is 1.57. The molecule has 58 heavy (non-hydrogen) atoms. The fourth-order valence-electron chi connectivity index (χ4n) is 12.7. The molecule has 0 bridgehead atoms. The van der Waals surface area contributed by atoms with Crippen molar-refractivity contribution < 1.29 is 52.4 Å². The number of esters is 2. The van der Waals surface area contributed by atoms with Gasteiger partial charge in [-0.25, -0.2) is 4.79 Å². The topological polar surface area (TPSA) is 141 Å². The molecule has 0 spiro atoms. The zero-order chi connectivity index (χ0) is 41.5. The molecule has 1 aromatic rings. The summed E-state index contributed by atoms with van der Waals surface area (Å²) in [6, 6.07) is 8.02. The van der Waals surface area contributed by atoms with Crippen LogP contribution in [0.5, 0.6) is 5.75 Å². The molecule has 0 amide bonds. The molecule has 0 heterocycles. The van der Waals surface area contributed by atoms with Crippen molar-refractivity contribution in [2.24, 2.45) is 52.3 Å². The second-order valence-corrected chi connectivity index (χ2v) is 18.6. The third kappa shape index (κ3) is 9.44. The second-order valence-electron chi connectivity index (χ2n) is 18.6. The van der Waals surface area contributed by atoms with Crippen LogP contribution < -0.4 is 4.74 Å². The molecule has 0 saturated heterocycles. The van der Waals surface area contributed by atoms with Gasteiger partial charge in [0.05, 0.1) is 6.61 Å². The molecule has 11 nitrogen and oxygen atoms in total. The highest BCUT2D eigenvalue weighted by atomic mass is 16.6. The predicted molar refractivity (Wildman–Crippen MR) is 215 cm³/mol. The van der Waals surface area contributed by atoms with Gasteiger partial charge in [0, 0.05) is 23.8 Å². The zero-order valence-electron chi connectivity index (χ0n) is 35.3. The molecule has 320 valence electrons. The zero-order valence-corrected chi connectivity index (χ0v) is 35.3. The lowest BCUT2D eigenvalue weighted by Crippen LogP contribution is -2.63. The number of ether oxygens (including phenoxy) is 6. The Hall–Kier alpha value is -3.89. The average molecular weight is 807 g/mol. The average Bonchev–Trinajstić information content (AvgIpc) is 3.56. The van der Waals surface area contributed by atoms with Crippen LogP contribution in [0, 0.1) is 52.3 Å². The van der Waals surface area contributed by atoms with Crippen LogP contribution >= 0.6 is 0 Å². The van der Waals surface area contributed by atoms with E-state index in [1.165, 1.54) is 11.6 Å². The van der Waals surface area contributed by atoms with Gasteiger partial charge in [-0.2, -0.15) is 0 Å². The minimum atomic E-state index is -0.369. The molecule has 5 aliphatic rings. The lowest BCUT2D eigenvalue weighted by atomic mass is 9.43. The van der Waals surface area contributed by atoms with E-state index >= 15 is 0 Å². The van der Waals surface area contributed by atoms with Crippen molar-refractivity contribution in [3.05, 3.63) is 41.5 Å². The van der Waals surface area contributed by atoms with Crippen molar-refractivity contribution in [2.75, 3.05) is 13.2 Å². The van der Waals surface area contributed by atoms with Gasteiger partial charge in [-0.15, -0.1) is 0 Å². The molecule has 11 heteroatoms. The van der Waals surface area contributed by atoms with E-state index in [1.54, 1.807) is 6.92 Å². The summed E-state index contributed by atoms with van der Waals surface area (Å²) in [5.74, 6) is 1.64. The molecule has 5 fully saturated rings. The third-order valence-electron chi connectivity index (χ3n) is 15.6. The minimum absolute atomic E-state index is 0.0470. The molecule has 0 N–H and O–H groups in total. The van der Waals surface area contributed by atoms with Crippen molar-refractivity contribution in [3.63, 3.8) is 0 Å². The largest absolute Gasteiger partial charge is 0.489 e. The first kappa shape index (κ1) is 43.7. The standard InChI is InChI=1S/C47H66O11/c1-6-53-44(52)21-30(2)26-54-35-14-12-32(13-15-35)22-33-9-7-8-10-40(33)58-43(51)18-11-31(3)37-16-17-38-45-39(25-42(57-29-50)47(37,38)5)46(4)20-19-36(55-27-48)23-34(46)24-41(45)56-28-49/h12-15,21,27-29,31,33-34,36-42,45H,6-11,16-20,22-26H2,1-5H3/b30-21-/t31-,33+,34+,36-,37-,38+,39+,40+,41-,42+,45+,46+,47-/m1/s1. The number of hydrogen-bond donors (Lipinski definition) is 0. The van der Waals surface area contributed by atoms with Crippen LogP contribution in [0.15, 0.2) is 35.9 Å². The van der Waals surface area contributed by atoms with Gasteiger partial charge in [0.25, 0.3) is 19.4 Å². The van der Waals surface area contributed by atoms with Crippen molar-refractivity contribution in [1.29, 1.82) is 0 Å². The summed E-state index contributed by atoms with van der Waals surface area (Å²) in [6.07, 6.45) is 12.4. The van der Waals surface area contributed by atoms with E-state index in [4.69, 9.17) is 28.4 Å². The SMILES string of the molecule is CCOC(=O)/C=C(/C)COc1ccc(C[C@@H]2CCCC[C@@H]2OC(=O)CC[C@@H](C)[C@H]2CC[C@H]3[C@@H]4[C@H](OC=O)C[C@@H]5C[C@H](OC=O)CC[C@]5(C)[C@H]4C[C@H](OC=O)[C@]23C)cc1. The lowest BCUT2D eigenvalue weighted by Gasteiger charge is -2.64. The quantitative estimate of drug-likeness (QED) is 0.0615. The highest BCUT2D eigenvalue weighted by Gasteiger charge is 2.67. The number of fused-ring (bicyclic) bond motifs is 5. The summed E-state index contributed by atoms with van der Waals surface area (Å²) >= 11 is 0. The maximum Gasteiger partial charge on any atom is 0.330 e. The van der Waals surface area contributed by atoms with E-state index in [0.717, 1.165) is 82.0 Å². The van der Waals surface area contributed by atoms with Crippen molar-refractivity contribution in [2.45, 2.75) is 149 Å². The molecule has 5 aliphatic carbocycles. The van der Waals surface area contributed by atoms with Crippen LogP contribution in [-0.2, 0) is 54.1 Å². The van der Waals surface area contributed by atoms with Gasteiger partial charge in [0.15, 0.2) is 0 Å². The number of carbonyl (C=O) groups excluding carboxylic acids is 5. The highest BCUT2D eigenvalue weighted by Crippen LogP contribution is 2.69. The van der Waals surface area contributed by atoms with Crippen LogP contribution in [0.4, 0.5) is 0 Å². The van der Waals surface area contributed by atoms with E-state index in [1.807, 2.05) is 19.1 Å². The summed E-state index contributed by atoms with van der Waals surface area (Å²) in [6.45, 7) is 12.9. The number of carbonyl (C=O) groups is 5. The van der Waals surface area contributed by atoms with Crippen LogP contribution in [0.2, 0.25) is 0 Å². The number of benzene rings is 1. The Morgan fingerprint density at radius 1 is 0.862 bits per heavy atom. The van der Waals surface area contributed by atoms with Gasteiger partial charge in [-0.1, -0.05) is 39.3 Å². The first-order chi connectivity index (χ1) is 27.9. The van der Waals surface area contributed by atoms with Crippen LogP contribution in [-0.4, -0.2) is 69.0 Å².